The summed E-state index contributed by atoms with van der Waals surface area (Å²) >= 11 is 1.75. The van der Waals surface area contributed by atoms with Crippen molar-refractivity contribution in [3.05, 3.63) is 16.6 Å². The lowest BCUT2D eigenvalue weighted by Gasteiger charge is -2.15. The van der Waals surface area contributed by atoms with E-state index in [4.69, 9.17) is 5.73 Å². The van der Waals surface area contributed by atoms with Crippen LogP contribution in [0.15, 0.2) is 11.7 Å². The van der Waals surface area contributed by atoms with Crippen LogP contribution in [0.4, 0.5) is 0 Å². The number of nitrogens with two attached hydrogens (primary N) is 1. The van der Waals surface area contributed by atoms with Gasteiger partial charge >= 0.3 is 0 Å². The maximum atomic E-state index is 6.39. The van der Waals surface area contributed by atoms with Crippen molar-refractivity contribution in [1.29, 1.82) is 0 Å². The highest BCUT2D eigenvalue weighted by Crippen LogP contribution is 2.70. The first-order valence-electron chi connectivity index (χ1n) is 6.47. The van der Waals surface area contributed by atoms with E-state index in [1.165, 1.54) is 24.1 Å². The van der Waals surface area contributed by atoms with Crippen molar-refractivity contribution in [3.63, 3.8) is 0 Å². The van der Waals surface area contributed by atoms with Crippen molar-refractivity contribution < 1.29 is 0 Å². The fourth-order valence-corrected chi connectivity index (χ4v) is 5.34. The van der Waals surface area contributed by atoms with Gasteiger partial charge in [-0.25, -0.2) is 0 Å². The quantitative estimate of drug-likeness (QED) is 0.871. The number of hydrogen-bond acceptors (Lipinski definition) is 3. The summed E-state index contributed by atoms with van der Waals surface area (Å²) in [6.07, 6.45) is 7.56. The average molecular weight is 234 g/mol. The molecule has 0 spiro atoms. The summed E-state index contributed by atoms with van der Waals surface area (Å²) in [5.74, 6) is 4.98. The molecule has 2 bridgehead atoms. The molecule has 3 heteroatoms. The van der Waals surface area contributed by atoms with E-state index in [0.29, 0.717) is 6.04 Å². The van der Waals surface area contributed by atoms with E-state index < -0.39 is 0 Å². The Hall–Kier alpha value is -0.410. The molecule has 1 heterocycles. The Balaban J connectivity index is 1.45. The van der Waals surface area contributed by atoms with Gasteiger partial charge in [0.05, 0.1) is 5.51 Å². The molecule has 5 unspecified atom stereocenters. The standard InChI is InChI=1S/C13H18N2S/c14-10(4-9-5-15-6-16-9)13-11-7-1-2-8(3-7)12(11)13/h5-8,10-13H,1-4,14H2. The van der Waals surface area contributed by atoms with Crippen LogP contribution < -0.4 is 5.73 Å². The summed E-state index contributed by atoms with van der Waals surface area (Å²) in [5, 5.41) is 0. The average Bonchev–Trinajstić information content (AvgIpc) is 2.73. The molecule has 0 saturated heterocycles. The summed E-state index contributed by atoms with van der Waals surface area (Å²) < 4.78 is 0. The van der Waals surface area contributed by atoms with Crippen LogP contribution in [0, 0.1) is 29.6 Å². The largest absolute Gasteiger partial charge is 0.327 e. The van der Waals surface area contributed by atoms with Gasteiger partial charge in [0.1, 0.15) is 0 Å². The Morgan fingerprint density at radius 2 is 2.12 bits per heavy atom. The minimum atomic E-state index is 0.402. The highest BCUT2D eigenvalue weighted by molar-refractivity contribution is 7.09. The van der Waals surface area contributed by atoms with E-state index in [9.17, 15) is 0 Å². The molecule has 3 aliphatic carbocycles. The van der Waals surface area contributed by atoms with E-state index >= 15 is 0 Å². The molecule has 4 rings (SSSR count). The molecule has 3 fully saturated rings. The molecule has 1 aromatic heterocycles. The Kier molecular flexibility index (Phi) is 1.98. The molecule has 3 aliphatic rings. The number of fused-ring (bicyclic) bond motifs is 5. The van der Waals surface area contributed by atoms with E-state index in [0.717, 1.165) is 36.0 Å². The first-order chi connectivity index (χ1) is 7.84. The Morgan fingerprint density at radius 3 is 2.75 bits per heavy atom. The topological polar surface area (TPSA) is 38.9 Å². The second-order valence-electron chi connectivity index (χ2n) is 5.90. The van der Waals surface area contributed by atoms with Crippen LogP contribution in [0.3, 0.4) is 0 Å². The third kappa shape index (κ3) is 1.25. The molecule has 5 atom stereocenters. The number of rotatable bonds is 3. The van der Waals surface area contributed by atoms with Crippen LogP contribution in [0.5, 0.6) is 0 Å². The van der Waals surface area contributed by atoms with Crippen molar-refractivity contribution in [2.45, 2.75) is 31.7 Å². The summed E-state index contributed by atoms with van der Waals surface area (Å²) in [4.78, 5) is 5.50. The molecule has 0 aromatic carbocycles. The van der Waals surface area contributed by atoms with E-state index in [2.05, 4.69) is 4.98 Å². The molecule has 2 N–H and O–H groups in total. The zero-order valence-electron chi connectivity index (χ0n) is 9.38. The minimum absolute atomic E-state index is 0.402. The molecule has 1 aromatic rings. The predicted molar refractivity (Wildman–Crippen MR) is 65.1 cm³/mol. The Labute approximate surface area is 100 Å². The van der Waals surface area contributed by atoms with Gasteiger partial charge in [0.2, 0.25) is 0 Å². The molecule has 0 amide bonds. The highest BCUT2D eigenvalue weighted by atomic mass is 32.1. The van der Waals surface area contributed by atoms with Gasteiger partial charge in [-0.1, -0.05) is 0 Å². The molecular formula is C13H18N2S. The first kappa shape index (κ1) is 9.60. The SMILES string of the molecule is NC(Cc1cncs1)C1C2C3CCC(C3)C12. The lowest BCUT2D eigenvalue weighted by atomic mass is 9.96. The van der Waals surface area contributed by atoms with Gasteiger partial charge in [0, 0.05) is 17.1 Å². The maximum Gasteiger partial charge on any atom is 0.0794 e. The van der Waals surface area contributed by atoms with Crippen LogP contribution in [0.2, 0.25) is 0 Å². The van der Waals surface area contributed by atoms with Crippen LogP contribution in [-0.2, 0) is 6.42 Å². The highest BCUT2D eigenvalue weighted by Gasteiger charge is 2.65. The number of aromatic nitrogens is 1. The predicted octanol–water partition coefficient (Wildman–Crippen LogP) is 2.31. The summed E-state index contributed by atoms with van der Waals surface area (Å²) in [6, 6.07) is 0.402. The number of hydrogen-bond donors (Lipinski definition) is 1. The van der Waals surface area contributed by atoms with E-state index in [1.807, 2.05) is 11.7 Å². The van der Waals surface area contributed by atoms with Gasteiger partial charge in [0.15, 0.2) is 0 Å². The van der Waals surface area contributed by atoms with Gasteiger partial charge in [-0.05, 0) is 55.3 Å². The van der Waals surface area contributed by atoms with Crippen molar-refractivity contribution in [3.8, 4) is 0 Å². The van der Waals surface area contributed by atoms with Gasteiger partial charge in [-0.3, -0.25) is 4.98 Å². The third-order valence-corrected chi connectivity index (χ3v) is 6.01. The molecule has 2 nitrogen and oxygen atoms in total. The van der Waals surface area contributed by atoms with Crippen LogP contribution >= 0.6 is 11.3 Å². The summed E-state index contributed by atoms with van der Waals surface area (Å²) in [5.41, 5.74) is 8.31. The summed E-state index contributed by atoms with van der Waals surface area (Å²) in [7, 11) is 0. The molecule has 3 saturated carbocycles. The monoisotopic (exact) mass is 234 g/mol. The van der Waals surface area contributed by atoms with Gasteiger partial charge in [-0.15, -0.1) is 11.3 Å². The minimum Gasteiger partial charge on any atom is -0.327 e. The normalized spacial score (nSPS) is 45.7. The Bertz CT molecular complexity index is 373. The number of thiazole rings is 1. The van der Waals surface area contributed by atoms with E-state index in [-0.39, 0.29) is 0 Å². The molecule has 86 valence electrons. The van der Waals surface area contributed by atoms with Crippen molar-refractivity contribution >= 4 is 11.3 Å². The fraction of sp³-hybridized carbons (Fsp3) is 0.769. The lowest BCUT2D eigenvalue weighted by Crippen LogP contribution is -2.28. The number of nitrogens with zero attached hydrogens (tertiary/aromatic N) is 1. The molecule has 16 heavy (non-hydrogen) atoms. The molecular weight excluding hydrogens is 216 g/mol. The smallest absolute Gasteiger partial charge is 0.0794 e. The second kappa shape index (κ2) is 3.30. The maximum absolute atomic E-state index is 6.39. The zero-order chi connectivity index (χ0) is 10.7. The Morgan fingerprint density at radius 1 is 1.38 bits per heavy atom. The first-order valence-corrected chi connectivity index (χ1v) is 7.35. The summed E-state index contributed by atoms with van der Waals surface area (Å²) in [6.45, 7) is 0. The lowest BCUT2D eigenvalue weighted by molar-refractivity contribution is 0.410. The van der Waals surface area contributed by atoms with Crippen molar-refractivity contribution in [2.24, 2.45) is 35.3 Å². The van der Waals surface area contributed by atoms with Gasteiger partial charge in [0.25, 0.3) is 0 Å². The van der Waals surface area contributed by atoms with Crippen molar-refractivity contribution in [2.75, 3.05) is 0 Å². The zero-order valence-corrected chi connectivity index (χ0v) is 10.2. The van der Waals surface area contributed by atoms with Crippen LogP contribution in [0.25, 0.3) is 0 Å². The van der Waals surface area contributed by atoms with Crippen molar-refractivity contribution in [1.82, 2.24) is 4.98 Å². The van der Waals surface area contributed by atoms with Gasteiger partial charge < -0.3 is 5.73 Å². The van der Waals surface area contributed by atoms with Crippen LogP contribution in [0.1, 0.15) is 24.1 Å². The fourth-order valence-electron chi connectivity index (χ4n) is 4.68. The van der Waals surface area contributed by atoms with Crippen LogP contribution in [-0.4, -0.2) is 11.0 Å². The third-order valence-electron chi connectivity index (χ3n) is 5.21. The molecule has 0 aliphatic heterocycles. The van der Waals surface area contributed by atoms with E-state index in [1.54, 1.807) is 11.3 Å². The van der Waals surface area contributed by atoms with Gasteiger partial charge in [-0.2, -0.15) is 0 Å². The molecule has 0 radical (unpaired) electrons. The second-order valence-corrected chi connectivity index (χ2v) is 6.87.